The fourth-order valence-corrected chi connectivity index (χ4v) is 16.4. The molecular formula is C65H66N2. The fraction of sp³-hybridized carbons (Fsp3) is 0.385. The van der Waals surface area contributed by atoms with Crippen LogP contribution in [0.2, 0.25) is 0 Å². The van der Waals surface area contributed by atoms with Crippen LogP contribution < -0.4 is 15.3 Å². The van der Waals surface area contributed by atoms with Gasteiger partial charge in [0.15, 0.2) is 0 Å². The number of fused-ring (bicyclic) bond motifs is 14. The van der Waals surface area contributed by atoms with Crippen molar-refractivity contribution >= 4 is 28.6 Å². The Labute approximate surface area is 399 Å². The van der Waals surface area contributed by atoms with E-state index in [-0.39, 0.29) is 11.5 Å². The Bertz CT molecular complexity index is 3020. The van der Waals surface area contributed by atoms with E-state index in [4.69, 9.17) is 0 Å². The molecule has 336 valence electrons. The summed E-state index contributed by atoms with van der Waals surface area (Å²) >= 11 is 0. The van der Waals surface area contributed by atoms with Gasteiger partial charge in [0, 0.05) is 51.2 Å². The largest absolute Gasteiger partial charge is 0.357 e. The standard InChI is InChI=1S/C65H66N2/c1-3-21-44(22-4-1)66(62-35-17-20-43-19-7-8-25-48(43)62)47-38-40-55-54-30-13-15-32-58(54)65(61(55)42-47)59-33-16-14-31-56(59)64-60(65)34-18-36-63(64)67(45-23-5-2-6-24-45)46-37-39-53-51-28-10-9-26-49(51)50-27-11-12-29-52(50)57(53)41-46/h1-3,5-12,18-21,23,25-29,34,36-37,39,45-47,49,51,54,58H,4,13-17,22,24,30-33,35,38,40-42H2. The van der Waals surface area contributed by atoms with Crippen LogP contribution in [0.4, 0.5) is 5.69 Å². The molecular weight excluding hydrogens is 809 g/mol. The van der Waals surface area contributed by atoms with Crippen LogP contribution in [0.1, 0.15) is 137 Å². The normalized spacial score (nSPS) is 31.6. The average molecular weight is 875 g/mol. The zero-order valence-electron chi connectivity index (χ0n) is 39.4. The molecule has 0 amide bonds. The highest BCUT2D eigenvalue weighted by Crippen LogP contribution is 2.70. The molecule has 1 saturated carbocycles. The Kier molecular flexibility index (Phi) is 9.84. The van der Waals surface area contributed by atoms with Crippen LogP contribution in [0.3, 0.4) is 0 Å². The molecule has 0 heterocycles. The van der Waals surface area contributed by atoms with Crippen molar-refractivity contribution in [3.63, 3.8) is 0 Å². The van der Waals surface area contributed by atoms with Gasteiger partial charge in [0.2, 0.25) is 0 Å². The van der Waals surface area contributed by atoms with Gasteiger partial charge in [-0.2, -0.15) is 0 Å². The Balaban J connectivity index is 0.924. The molecule has 8 atom stereocenters. The zero-order valence-corrected chi connectivity index (χ0v) is 39.4. The maximum Gasteiger partial charge on any atom is 0.0523 e. The van der Waals surface area contributed by atoms with Crippen molar-refractivity contribution in [1.82, 2.24) is 4.90 Å². The smallest absolute Gasteiger partial charge is 0.0523 e. The molecule has 3 aromatic rings. The molecule has 1 fully saturated rings. The molecule has 11 aliphatic rings. The van der Waals surface area contributed by atoms with Crippen LogP contribution >= 0.6 is 0 Å². The Hall–Kier alpha value is -5.60. The number of nitrogens with zero attached hydrogens (tertiary/aromatic N) is 2. The van der Waals surface area contributed by atoms with Crippen LogP contribution in [-0.4, -0.2) is 23.0 Å². The van der Waals surface area contributed by atoms with Crippen LogP contribution in [0.25, 0.3) is 22.9 Å². The Morgan fingerprint density at radius 3 is 2.42 bits per heavy atom. The minimum atomic E-state index is 0.0276. The van der Waals surface area contributed by atoms with E-state index in [0.717, 1.165) is 44.4 Å². The summed E-state index contributed by atoms with van der Waals surface area (Å²) in [7, 11) is 0. The van der Waals surface area contributed by atoms with Crippen LogP contribution in [0.15, 0.2) is 174 Å². The van der Waals surface area contributed by atoms with E-state index in [2.05, 4.69) is 162 Å². The lowest BCUT2D eigenvalue weighted by Gasteiger charge is -2.46. The van der Waals surface area contributed by atoms with E-state index in [0.29, 0.717) is 29.8 Å². The lowest BCUT2D eigenvalue weighted by molar-refractivity contribution is 0.223. The third-order valence-corrected chi connectivity index (χ3v) is 18.9. The summed E-state index contributed by atoms with van der Waals surface area (Å²) < 4.78 is 0. The number of hydrogen-bond donors (Lipinski definition) is 0. The quantitative estimate of drug-likeness (QED) is 0.228. The first-order valence-corrected chi connectivity index (χ1v) is 26.8. The SMILES string of the molecule is C1=CCCC(N(C2=c3ccccc3=CCC2)C2CCC3=C(C2)C2(C4=C(CCCC4)c4c(N(C5C=CC=CC5)C5C=CC6=C(C5)c5ccccc5C5C=CC=CC65)cccc42)C2CCCCC32)=C1. The molecule has 11 aliphatic carbocycles. The van der Waals surface area contributed by atoms with Crippen molar-refractivity contribution in [2.24, 2.45) is 17.8 Å². The maximum atomic E-state index is 2.95. The molecule has 0 saturated heterocycles. The number of benzene rings is 3. The predicted molar refractivity (Wildman–Crippen MR) is 279 cm³/mol. The average Bonchev–Trinajstić information content (AvgIpc) is 3.87. The second-order valence-electron chi connectivity index (χ2n) is 21.8. The van der Waals surface area contributed by atoms with E-state index in [9.17, 15) is 0 Å². The fourth-order valence-electron chi connectivity index (χ4n) is 16.4. The molecule has 0 aromatic heterocycles. The highest BCUT2D eigenvalue weighted by molar-refractivity contribution is 5.92. The summed E-state index contributed by atoms with van der Waals surface area (Å²) in [5.41, 5.74) is 21.5. The highest BCUT2D eigenvalue weighted by atomic mass is 15.2. The monoisotopic (exact) mass is 875 g/mol. The second-order valence-corrected chi connectivity index (χ2v) is 21.8. The molecule has 1 spiro atoms. The number of hydrogen-bond acceptors (Lipinski definition) is 2. The number of anilines is 1. The first-order valence-electron chi connectivity index (χ1n) is 26.8. The van der Waals surface area contributed by atoms with Crippen LogP contribution in [0, 0.1) is 17.8 Å². The van der Waals surface area contributed by atoms with Gasteiger partial charge in [-0.05, 0) is 159 Å². The van der Waals surface area contributed by atoms with Gasteiger partial charge in [-0.3, -0.25) is 0 Å². The number of rotatable bonds is 6. The summed E-state index contributed by atoms with van der Waals surface area (Å²) in [4.78, 5) is 5.89. The minimum Gasteiger partial charge on any atom is -0.357 e. The van der Waals surface area contributed by atoms with Crippen molar-refractivity contribution in [1.29, 1.82) is 0 Å². The second kappa shape index (κ2) is 16.3. The molecule has 0 bridgehead atoms. The van der Waals surface area contributed by atoms with Crippen LogP contribution in [-0.2, 0) is 5.41 Å². The predicted octanol–water partition coefficient (Wildman–Crippen LogP) is 14.2. The summed E-state index contributed by atoms with van der Waals surface area (Å²) in [6.45, 7) is 0. The molecule has 0 N–H and O–H groups in total. The van der Waals surface area contributed by atoms with Crippen molar-refractivity contribution in [2.45, 2.75) is 139 Å². The number of allylic oxidation sites excluding steroid dienone is 15. The van der Waals surface area contributed by atoms with Crippen molar-refractivity contribution < 1.29 is 0 Å². The zero-order chi connectivity index (χ0) is 44.1. The van der Waals surface area contributed by atoms with Gasteiger partial charge in [0.05, 0.1) is 12.1 Å². The molecule has 2 heteroatoms. The highest BCUT2D eigenvalue weighted by Gasteiger charge is 2.61. The van der Waals surface area contributed by atoms with Gasteiger partial charge in [-0.15, -0.1) is 0 Å². The van der Waals surface area contributed by atoms with Crippen LogP contribution in [0.5, 0.6) is 0 Å². The molecule has 3 aromatic carbocycles. The molecule has 0 radical (unpaired) electrons. The van der Waals surface area contributed by atoms with Crippen molar-refractivity contribution in [2.75, 3.05) is 4.90 Å². The summed E-state index contributed by atoms with van der Waals surface area (Å²) in [6, 6.07) is 27.5. The van der Waals surface area contributed by atoms with Gasteiger partial charge < -0.3 is 9.80 Å². The molecule has 8 unspecified atom stereocenters. The van der Waals surface area contributed by atoms with E-state index >= 15 is 0 Å². The van der Waals surface area contributed by atoms with Gasteiger partial charge in [-0.25, -0.2) is 0 Å². The lowest BCUT2D eigenvalue weighted by Crippen LogP contribution is -2.45. The first-order chi connectivity index (χ1) is 33.3. The van der Waals surface area contributed by atoms with Crippen molar-refractivity contribution in [3.8, 4) is 0 Å². The maximum absolute atomic E-state index is 2.95. The summed E-state index contributed by atoms with van der Waals surface area (Å²) in [5.74, 6) is 2.24. The van der Waals surface area contributed by atoms with E-state index in [1.54, 1.807) is 33.7 Å². The first kappa shape index (κ1) is 40.5. The third-order valence-electron chi connectivity index (χ3n) is 18.9. The Morgan fingerprint density at radius 1 is 0.612 bits per heavy atom. The van der Waals surface area contributed by atoms with Gasteiger partial charge in [-0.1, -0.05) is 169 Å². The van der Waals surface area contributed by atoms with E-state index in [1.807, 2.05) is 16.7 Å². The molecule has 14 rings (SSSR count). The van der Waals surface area contributed by atoms with E-state index in [1.165, 1.54) is 103 Å². The molecule has 0 aliphatic heterocycles. The lowest BCUT2D eigenvalue weighted by atomic mass is 9.59. The van der Waals surface area contributed by atoms with Gasteiger partial charge >= 0.3 is 0 Å². The topological polar surface area (TPSA) is 6.48 Å². The molecule has 2 nitrogen and oxygen atoms in total. The molecule has 67 heavy (non-hydrogen) atoms. The minimum absolute atomic E-state index is 0.0276. The van der Waals surface area contributed by atoms with Crippen molar-refractivity contribution in [3.05, 3.63) is 206 Å². The third kappa shape index (κ3) is 6.12. The van der Waals surface area contributed by atoms with E-state index < -0.39 is 0 Å². The summed E-state index contributed by atoms with van der Waals surface area (Å²) in [6.07, 6.45) is 55.0. The van der Waals surface area contributed by atoms with Gasteiger partial charge in [0.25, 0.3) is 0 Å². The summed E-state index contributed by atoms with van der Waals surface area (Å²) in [5, 5.41) is 2.91. The van der Waals surface area contributed by atoms with Gasteiger partial charge in [0.1, 0.15) is 0 Å². The Morgan fingerprint density at radius 2 is 1.49 bits per heavy atom.